The summed E-state index contributed by atoms with van der Waals surface area (Å²) in [6.07, 6.45) is 3.28. The number of nitrogens with zero attached hydrogens (tertiary/aromatic N) is 4. The molecule has 0 aromatic carbocycles. The van der Waals surface area contributed by atoms with Gasteiger partial charge in [-0.05, 0) is 26.7 Å². The van der Waals surface area contributed by atoms with E-state index in [1.807, 2.05) is 11.6 Å². The lowest BCUT2D eigenvalue weighted by atomic mass is 10.1. The van der Waals surface area contributed by atoms with Crippen LogP contribution in [0.5, 0.6) is 0 Å². The lowest BCUT2D eigenvalue weighted by molar-refractivity contribution is 0.0949. The number of carbonyl (C=O) groups is 1. The summed E-state index contributed by atoms with van der Waals surface area (Å²) in [5.74, 6) is 0.959. The minimum atomic E-state index is -0.198. The summed E-state index contributed by atoms with van der Waals surface area (Å²) in [7, 11) is 0. The Morgan fingerprint density at radius 2 is 2.20 bits per heavy atom. The monoisotopic (exact) mass is 281 g/mol. The summed E-state index contributed by atoms with van der Waals surface area (Å²) >= 11 is 0. The van der Waals surface area contributed by atoms with Crippen LogP contribution in [0, 0.1) is 0 Å². The van der Waals surface area contributed by atoms with Gasteiger partial charge in [-0.1, -0.05) is 0 Å². The molecule has 20 heavy (non-hydrogen) atoms. The molecule has 112 valence electrons. The molecule has 1 amide bonds. The lowest BCUT2D eigenvalue weighted by Gasteiger charge is -2.31. The van der Waals surface area contributed by atoms with Crippen LogP contribution in [-0.2, 0) is 17.8 Å². The van der Waals surface area contributed by atoms with E-state index in [9.17, 15) is 4.79 Å². The minimum absolute atomic E-state index is 0.198. The second-order valence-electron chi connectivity index (χ2n) is 4.83. The van der Waals surface area contributed by atoms with Crippen LogP contribution in [0.3, 0.4) is 0 Å². The van der Waals surface area contributed by atoms with Crippen molar-refractivity contribution in [1.82, 2.24) is 25.0 Å². The molecule has 0 radical (unpaired) electrons. The molecule has 0 spiro atoms. The molecule has 1 aliphatic heterocycles. The molecule has 0 atom stereocenters. The molecular formula is C13H23N5O2. The molecule has 1 aromatic heterocycles. The van der Waals surface area contributed by atoms with Gasteiger partial charge in [0.05, 0.1) is 13.2 Å². The van der Waals surface area contributed by atoms with E-state index in [0.29, 0.717) is 12.6 Å². The van der Waals surface area contributed by atoms with Gasteiger partial charge in [0.1, 0.15) is 12.2 Å². The maximum atomic E-state index is 11.6. The average Bonchev–Trinajstić information content (AvgIpc) is 2.93. The zero-order valence-corrected chi connectivity index (χ0v) is 12.2. The highest BCUT2D eigenvalue weighted by Crippen LogP contribution is 2.12. The number of aryl methyl sites for hydroxylation is 1. The van der Waals surface area contributed by atoms with E-state index >= 15 is 0 Å². The van der Waals surface area contributed by atoms with E-state index in [-0.39, 0.29) is 6.09 Å². The fourth-order valence-electron chi connectivity index (χ4n) is 2.41. The number of aromatic nitrogens is 3. The zero-order valence-electron chi connectivity index (χ0n) is 12.2. The molecular weight excluding hydrogens is 258 g/mol. The van der Waals surface area contributed by atoms with E-state index in [2.05, 4.69) is 22.3 Å². The number of hydrogen-bond donors (Lipinski definition) is 1. The van der Waals surface area contributed by atoms with Gasteiger partial charge in [0.2, 0.25) is 0 Å². The Kier molecular flexibility index (Phi) is 5.34. The number of hydrogen-bond acceptors (Lipinski definition) is 5. The highest BCUT2D eigenvalue weighted by atomic mass is 16.6. The fourth-order valence-corrected chi connectivity index (χ4v) is 2.41. The molecule has 0 unspecified atom stereocenters. The van der Waals surface area contributed by atoms with Crippen LogP contribution in [0.25, 0.3) is 0 Å². The summed E-state index contributed by atoms with van der Waals surface area (Å²) in [6.45, 7) is 7.36. The SMILES string of the molecule is CCOC(=O)N1CCC(NCc2ncnn2CC)CC1. The van der Waals surface area contributed by atoms with Crippen molar-refractivity contribution in [1.29, 1.82) is 0 Å². The van der Waals surface area contributed by atoms with Crippen molar-refractivity contribution in [3.63, 3.8) is 0 Å². The first kappa shape index (κ1) is 14.8. The Labute approximate surface area is 119 Å². The molecule has 7 nitrogen and oxygen atoms in total. The zero-order chi connectivity index (χ0) is 14.4. The molecule has 0 bridgehead atoms. The first-order valence-corrected chi connectivity index (χ1v) is 7.26. The number of carbonyl (C=O) groups excluding carboxylic acids is 1. The topological polar surface area (TPSA) is 72.3 Å². The summed E-state index contributed by atoms with van der Waals surface area (Å²) in [5.41, 5.74) is 0. The van der Waals surface area contributed by atoms with E-state index in [4.69, 9.17) is 4.74 Å². The van der Waals surface area contributed by atoms with E-state index in [0.717, 1.165) is 44.8 Å². The van der Waals surface area contributed by atoms with Gasteiger partial charge in [-0.3, -0.25) is 0 Å². The van der Waals surface area contributed by atoms with Crippen molar-refractivity contribution in [3.8, 4) is 0 Å². The first-order valence-electron chi connectivity index (χ1n) is 7.26. The minimum Gasteiger partial charge on any atom is -0.450 e. The Balaban J connectivity index is 1.73. The Hall–Kier alpha value is -1.63. The van der Waals surface area contributed by atoms with Gasteiger partial charge in [-0.2, -0.15) is 5.10 Å². The van der Waals surface area contributed by atoms with Crippen LogP contribution < -0.4 is 5.32 Å². The number of rotatable bonds is 5. The van der Waals surface area contributed by atoms with Crippen LogP contribution in [-0.4, -0.2) is 51.5 Å². The Morgan fingerprint density at radius 3 is 2.85 bits per heavy atom. The van der Waals surface area contributed by atoms with Gasteiger partial charge in [-0.15, -0.1) is 0 Å². The Bertz CT molecular complexity index is 426. The molecule has 1 aliphatic rings. The van der Waals surface area contributed by atoms with Crippen molar-refractivity contribution >= 4 is 6.09 Å². The van der Waals surface area contributed by atoms with Crippen molar-refractivity contribution < 1.29 is 9.53 Å². The summed E-state index contributed by atoms with van der Waals surface area (Å²) in [6, 6.07) is 0.419. The predicted octanol–water partition coefficient (Wildman–Crippen LogP) is 1.01. The van der Waals surface area contributed by atoms with Crippen LogP contribution >= 0.6 is 0 Å². The van der Waals surface area contributed by atoms with Gasteiger partial charge >= 0.3 is 6.09 Å². The summed E-state index contributed by atoms with van der Waals surface area (Å²) in [5, 5.41) is 7.64. The van der Waals surface area contributed by atoms with Crippen molar-refractivity contribution in [3.05, 3.63) is 12.2 Å². The van der Waals surface area contributed by atoms with Gasteiger partial charge in [0.15, 0.2) is 0 Å². The molecule has 2 heterocycles. The Morgan fingerprint density at radius 1 is 1.45 bits per heavy atom. The second-order valence-corrected chi connectivity index (χ2v) is 4.83. The molecule has 0 aliphatic carbocycles. The van der Waals surface area contributed by atoms with Crippen molar-refractivity contribution in [2.45, 2.75) is 45.8 Å². The third-order valence-electron chi connectivity index (χ3n) is 3.57. The largest absolute Gasteiger partial charge is 0.450 e. The van der Waals surface area contributed by atoms with Crippen molar-refractivity contribution in [2.24, 2.45) is 0 Å². The second kappa shape index (κ2) is 7.23. The van der Waals surface area contributed by atoms with E-state index in [1.165, 1.54) is 0 Å². The fraction of sp³-hybridized carbons (Fsp3) is 0.769. The summed E-state index contributed by atoms with van der Waals surface area (Å²) < 4.78 is 6.90. The lowest BCUT2D eigenvalue weighted by Crippen LogP contribution is -2.45. The average molecular weight is 281 g/mol. The molecule has 1 saturated heterocycles. The van der Waals surface area contributed by atoms with Crippen LogP contribution in [0.4, 0.5) is 4.79 Å². The standard InChI is InChI=1S/C13H23N5O2/c1-3-18-12(15-10-16-18)9-14-11-5-7-17(8-6-11)13(19)20-4-2/h10-11,14H,3-9H2,1-2H3. The molecule has 1 N–H and O–H groups in total. The third-order valence-corrected chi connectivity index (χ3v) is 3.57. The maximum absolute atomic E-state index is 11.6. The summed E-state index contributed by atoms with van der Waals surface area (Å²) in [4.78, 5) is 17.6. The number of ether oxygens (including phenoxy) is 1. The van der Waals surface area contributed by atoms with E-state index < -0.39 is 0 Å². The predicted molar refractivity (Wildman–Crippen MR) is 74.2 cm³/mol. The van der Waals surface area contributed by atoms with Crippen LogP contribution in [0.15, 0.2) is 6.33 Å². The normalized spacial score (nSPS) is 16.4. The van der Waals surface area contributed by atoms with Gasteiger partial charge in [0.25, 0.3) is 0 Å². The van der Waals surface area contributed by atoms with Crippen LogP contribution in [0.1, 0.15) is 32.5 Å². The molecule has 2 rings (SSSR count). The molecule has 1 fully saturated rings. The number of likely N-dealkylation sites (tertiary alicyclic amines) is 1. The highest BCUT2D eigenvalue weighted by molar-refractivity contribution is 5.67. The quantitative estimate of drug-likeness (QED) is 0.872. The number of piperidine rings is 1. The molecule has 7 heteroatoms. The smallest absolute Gasteiger partial charge is 0.409 e. The van der Waals surface area contributed by atoms with Gasteiger partial charge < -0.3 is 15.0 Å². The molecule has 1 aromatic rings. The highest BCUT2D eigenvalue weighted by Gasteiger charge is 2.23. The van der Waals surface area contributed by atoms with Crippen LogP contribution in [0.2, 0.25) is 0 Å². The van der Waals surface area contributed by atoms with Gasteiger partial charge in [0, 0.05) is 25.7 Å². The maximum Gasteiger partial charge on any atom is 0.409 e. The third kappa shape index (κ3) is 3.69. The van der Waals surface area contributed by atoms with Gasteiger partial charge in [-0.25, -0.2) is 14.5 Å². The van der Waals surface area contributed by atoms with E-state index in [1.54, 1.807) is 11.2 Å². The number of amides is 1. The first-order chi connectivity index (χ1) is 9.74. The number of nitrogens with one attached hydrogen (secondary N) is 1. The van der Waals surface area contributed by atoms with Crippen molar-refractivity contribution in [2.75, 3.05) is 19.7 Å². The molecule has 0 saturated carbocycles.